The molecule has 0 radical (unpaired) electrons. The van der Waals surface area contributed by atoms with Gasteiger partial charge in [0.15, 0.2) is 0 Å². The lowest BCUT2D eigenvalue weighted by atomic mass is 9.90. The third-order valence-electron chi connectivity index (χ3n) is 3.26. The molecule has 0 aliphatic carbocycles. The molecule has 1 aromatic rings. The third kappa shape index (κ3) is 2.50. The molecule has 0 aromatic heterocycles. The summed E-state index contributed by atoms with van der Waals surface area (Å²) in [5.74, 6) is 0.692. The maximum atomic E-state index is 6.18. The lowest BCUT2D eigenvalue weighted by Crippen LogP contribution is -2.26. The van der Waals surface area contributed by atoms with Crippen LogP contribution in [0.4, 0.5) is 5.69 Å². The highest BCUT2D eigenvalue weighted by molar-refractivity contribution is 6.33. The van der Waals surface area contributed by atoms with Gasteiger partial charge in [-0.2, -0.15) is 0 Å². The highest BCUT2D eigenvalue weighted by atomic mass is 35.5. The van der Waals surface area contributed by atoms with E-state index >= 15 is 0 Å². The van der Waals surface area contributed by atoms with Gasteiger partial charge in [-0.1, -0.05) is 17.7 Å². The zero-order valence-corrected chi connectivity index (χ0v) is 10.7. The molecule has 0 saturated carbocycles. The van der Waals surface area contributed by atoms with Crippen molar-refractivity contribution in [1.82, 2.24) is 5.32 Å². The van der Waals surface area contributed by atoms with Crippen LogP contribution in [0.3, 0.4) is 0 Å². The standard InChI is InChI=1S/C13H19ClN2/c1-16(2)13-9-11(3-4-12(13)14)10-5-7-15-8-6-10/h3-4,9-10,15H,5-8H2,1-2H3. The second-order valence-electron chi connectivity index (χ2n) is 4.63. The van der Waals surface area contributed by atoms with Gasteiger partial charge in [0.25, 0.3) is 0 Å². The monoisotopic (exact) mass is 238 g/mol. The number of piperidine rings is 1. The van der Waals surface area contributed by atoms with Crippen LogP contribution in [0.15, 0.2) is 18.2 Å². The van der Waals surface area contributed by atoms with Gasteiger partial charge in [0.05, 0.1) is 10.7 Å². The van der Waals surface area contributed by atoms with Gasteiger partial charge in [0, 0.05) is 14.1 Å². The Balaban J connectivity index is 2.24. The zero-order chi connectivity index (χ0) is 11.5. The van der Waals surface area contributed by atoms with Crippen LogP contribution < -0.4 is 10.2 Å². The first-order valence-corrected chi connectivity index (χ1v) is 6.24. The molecule has 1 N–H and O–H groups in total. The molecule has 2 rings (SSSR count). The van der Waals surface area contributed by atoms with E-state index in [9.17, 15) is 0 Å². The van der Waals surface area contributed by atoms with E-state index in [4.69, 9.17) is 11.6 Å². The first kappa shape index (κ1) is 11.7. The Morgan fingerprint density at radius 3 is 2.56 bits per heavy atom. The number of nitrogens with one attached hydrogen (secondary N) is 1. The Morgan fingerprint density at radius 1 is 1.25 bits per heavy atom. The first-order chi connectivity index (χ1) is 7.68. The predicted octanol–water partition coefficient (Wildman–Crippen LogP) is 2.87. The summed E-state index contributed by atoms with van der Waals surface area (Å²) in [6.07, 6.45) is 2.46. The Labute approximate surface area is 103 Å². The second kappa shape index (κ2) is 5.07. The summed E-state index contributed by atoms with van der Waals surface area (Å²) in [4.78, 5) is 2.08. The first-order valence-electron chi connectivity index (χ1n) is 5.86. The van der Waals surface area contributed by atoms with Gasteiger partial charge in [0.2, 0.25) is 0 Å². The minimum absolute atomic E-state index is 0.692. The summed E-state index contributed by atoms with van der Waals surface area (Å²) in [5.41, 5.74) is 2.55. The van der Waals surface area contributed by atoms with Gasteiger partial charge in [0.1, 0.15) is 0 Å². The van der Waals surface area contributed by atoms with Crippen molar-refractivity contribution in [3.63, 3.8) is 0 Å². The van der Waals surface area contributed by atoms with Gasteiger partial charge < -0.3 is 10.2 Å². The number of hydrogen-bond donors (Lipinski definition) is 1. The van der Waals surface area contributed by atoms with Crippen molar-refractivity contribution < 1.29 is 0 Å². The number of nitrogens with zero attached hydrogens (tertiary/aromatic N) is 1. The van der Waals surface area contributed by atoms with E-state index in [1.54, 1.807) is 0 Å². The van der Waals surface area contributed by atoms with Gasteiger partial charge >= 0.3 is 0 Å². The van der Waals surface area contributed by atoms with E-state index < -0.39 is 0 Å². The van der Waals surface area contributed by atoms with Crippen molar-refractivity contribution in [2.75, 3.05) is 32.1 Å². The molecule has 0 bridgehead atoms. The fraction of sp³-hybridized carbons (Fsp3) is 0.538. The van der Waals surface area contributed by atoms with Crippen molar-refractivity contribution in [1.29, 1.82) is 0 Å². The molecule has 0 spiro atoms. The normalized spacial score (nSPS) is 17.4. The van der Waals surface area contributed by atoms with E-state index in [1.165, 1.54) is 18.4 Å². The van der Waals surface area contributed by atoms with Crippen molar-refractivity contribution in [3.8, 4) is 0 Å². The van der Waals surface area contributed by atoms with Crippen molar-refractivity contribution >= 4 is 17.3 Å². The maximum Gasteiger partial charge on any atom is 0.0639 e. The van der Waals surface area contributed by atoms with Crippen LogP contribution in [0.1, 0.15) is 24.3 Å². The summed E-state index contributed by atoms with van der Waals surface area (Å²) in [5, 5.41) is 4.23. The average molecular weight is 239 g/mol. The maximum absolute atomic E-state index is 6.18. The van der Waals surface area contributed by atoms with Crippen LogP contribution in [0, 0.1) is 0 Å². The van der Waals surface area contributed by atoms with Crippen molar-refractivity contribution in [3.05, 3.63) is 28.8 Å². The predicted molar refractivity (Wildman–Crippen MR) is 70.6 cm³/mol. The topological polar surface area (TPSA) is 15.3 Å². The van der Waals surface area contributed by atoms with Gasteiger partial charge in [-0.25, -0.2) is 0 Å². The molecule has 0 amide bonds. The van der Waals surface area contributed by atoms with Gasteiger partial charge in [-0.05, 0) is 49.5 Å². The molecule has 1 saturated heterocycles. The molecule has 1 aromatic carbocycles. The molecule has 2 nitrogen and oxygen atoms in total. The van der Waals surface area contributed by atoms with Crippen LogP contribution in [0.2, 0.25) is 5.02 Å². The molecule has 88 valence electrons. The zero-order valence-electron chi connectivity index (χ0n) is 9.96. The summed E-state index contributed by atoms with van der Waals surface area (Å²) < 4.78 is 0. The van der Waals surface area contributed by atoms with Crippen LogP contribution in [-0.2, 0) is 0 Å². The summed E-state index contributed by atoms with van der Waals surface area (Å²) in [7, 11) is 4.07. The Morgan fingerprint density at radius 2 is 1.94 bits per heavy atom. The lowest BCUT2D eigenvalue weighted by molar-refractivity contribution is 0.460. The molecule has 0 unspecified atom stereocenters. The third-order valence-corrected chi connectivity index (χ3v) is 3.58. The number of halogens is 1. The van der Waals surface area contributed by atoms with E-state index in [-0.39, 0.29) is 0 Å². The highest BCUT2D eigenvalue weighted by Crippen LogP contribution is 2.32. The second-order valence-corrected chi connectivity index (χ2v) is 5.04. The molecular formula is C13H19ClN2. The highest BCUT2D eigenvalue weighted by Gasteiger charge is 2.16. The molecule has 0 atom stereocenters. The van der Waals surface area contributed by atoms with Crippen molar-refractivity contribution in [2.24, 2.45) is 0 Å². The minimum Gasteiger partial charge on any atom is -0.376 e. The molecule has 16 heavy (non-hydrogen) atoms. The van der Waals surface area contributed by atoms with Crippen molar-refractivity contribution in [2.45, 2.75) is 18.8 Å². The summed E-state index contributed by atoms with van der Waals surface area (Å²) in [6.45, 7) is 2.26. The van der Waals surface area contributed by atoms with Gasteiger partial charge in [-0.3, -0.25) is 0 Å². The largest absolute Gasteiger partial charge is 0.376 e. The summed E-state index contributed by atoms with van der Waals surface area (Å²) >= 11 is 6.18. The van der Waals surface area contributed by atoms with Crippen LogP contribution in [0.25, 0.3) is 0 Å². The number of anilines is 1. The fourth-order valence-corrected chi connectivity index (χ4v) is 2.57. The minimum atomic E-state index is 0.692. The SMILES string of the molecule is CN(C)c1cc(C2CCNCC2)ccc1Cl. The van der Waals surface area contributed by atoms with Gasteiger partial charge in [-0.15, -0.1) is 0 Å². The lowest BCUT2D eigenvalue weighted by Gasteiger charge is -2.24. The summed E-state index contributed by atoms with van der Waals surface area (Å²) in [6, 6.07) is 6.43. The van der Waals surface area contributed by atoms with E-state index in [1.807, 2.05) is 20.2 Å². The molecule has 1 aliphatic heterocycles. The fourth-order valence-electron chi connectivity index (χ4n) is 2.28. The molecule has 3 heteroatoms. The van der Waals surface area contributed by atoms with Crippen LogP contribution >= 0.6 is 11.6 Å². The number of benzene rings is 1. The van der Waals surface area contributed by atoms with Crippen LogP contribution in [-0.4, -0.2) is 27.2 Å². The number of hydrogen-bond acceptors (Lipinski definition) is 2. The molecule has 1 aliphatic rings. The van der Waals surface area contributed by atoms with Crippen LogP contribution in [0.5, 0.6) is 0 Å². The smallest absolute Gasteiger partial charge is 0.0639 e. The Bertz CT molecular complexity index is 357. The van der Waals surface area contributed by atoms with E-state index in [0.717, 1.165) is 23.8 Å². The quantitative estimate of drug-likeness (QED) is 0.853. The Kier molecular flexibility index (Phi) is 3.72. The molecule has 1 fully saturated rings. The number of rotatable bonds is 2. The molecular weight excluding hydrogens is 220 g/mol. The Hall–Kier alpha value is -0.730. The van der Waals surface area contributed by atoms with E-state index in [0.29, 0.717) is 5.92 Å². The molecule has 1 heterocycles. The van der Waals surface area contributed by atoms with E-state index in [2.05, 4.69) is 22.3 Å². The average Bonchev–Trinajstić information content (AvgIpc) is 2.30.